The summed E-state index contributed by atoms with van der Waals surface area (Å²) in [6.45, 7) is 2.18. The third kappa shape index (κ3) is 5.14. The molecule has 30 heavy (non-hydrogen) atoms. The average Bonchev–Trinajstić information content (AvgIpc) is 3.36. The summed E-state index contributed by atoms with van der Waals surface area (Å²) in [6.07, 6.45) is 2.51. The molecule has 0 saturated heterocycles. The lowest BCUT2D eigenvalue weighted by Crippen LogP contribution is -2.13. The summed E-state index contributed by atoms with van der Waals surface area (Å²) in [6, 6.07) is 3.60. The van der Waals surface area contributed by atoms with E-state index in [0.29, 0.717) is 35.9 Å². The minimum Gasteiger partial charge on any atom is -0.310 e. The Hall–Kier alpha value is -2.97. The van der Waals surface area contributed by atoms with Crippen molar-refractivity contribution in [2.75, 3.05) is 5.32 Å². The number of nitrogens with zero attached hydrogens (tertiary/aromatic N) is 4. The molecule has 1 aliphatic carbocycles. The molecule has 0 unspecified atom stereocenters. The molecule has 1 fully saturated rings. The number of hydrogen-bond acceptors (Lipinski definition) is 4. The Morgan fingerprint density at radius 1 is 1.30 bits per heavy atom. The van der Waals surface area contributed by atoms with Gasteiger partial charge in [-0.05, 0) is 49.3 Å². The van der Waals surface area contributed by atoms with Gasteiger partial charge in [0.25, 0.3) is 0 Å². The van der Waals surface area contributed by atoms with Crippen LogP contribution < -0.4 is 5.32 Å². The van der Waals surface area contributed by atoms with E-state index in [2.05, 4.69) is 20.4 Å². The topological polar surface area (TPSA) is 72.7 Å². The predicted octanol–water partition coefficient (Wildman–Crippen LogP) is 4.42. The van der Waals surface area contributed by atoms with Gasteiger partial charge in [-0.1, -0.05) is 6.07 Å². The van der Waals surface area contributed by atoms with Crippen LogP contribution in [0.1, 0.15) is 42.5 Å². The minimum absolute atomic E-state index is 0.0421. The molecule has 9 heteroatoms. The number of hydrogen-bond donors (Lipinski definition) is 1. The summed E-state index contributed by atoms with van der Waals surface area (Å²) >= 11 is 0. The largest absolute Gasteiger partial charge is 0.389 e. The summed E-state index contributed by atoms with van der Waals surface area (Å²) < 4.78 is 39.1. The second-order valence-electron chi connectivity index (χ2n) is 7.84. The van der Waals surface area contributed by atoms with Crippen molar-refractivity contribution in [3.8, 4) is 0 Å². The number of carbonyl (C=O) groups is 1. The molecule has 0 bridgehead atoms. The number of rotatable bonds is 7. The quantitative estimate of drug-likeness (QED) is 0.618. The Kier molecular flexibility index (Phi) is 5.44. The van der Waals surface area contributed by atoms with Crippen LogP contribution in [0.3, 0.4) is 0 Å². The van der Waals surface area contributed by atoms with Gasteiger partial charge in [0.05, 0.1) is 17.4 Å². The maximum absolute atomic E-state index is 12.4. The monoisotopic (exact) mass is 417 g/mol. The van der Waals surface area contributed by atoms with Gasteiger partial charge in [0.2, 0.25) is 5.91 Å². The molecule has 0 atom stereocenters. The Morgan fingerprint density at radius 3 is 2.80 bits per heavy atom. The fourth-order valence-corrected chi connectivity index (χ4v) is 3.40. The highest BCUT2D eigenvalue weighted by atomic mass is 19.4. The van der Waals surface area contributed by atoms with Crippen molar-refractivity contribution in [3.63, 3.8) is 0 Å². The van der Waals surface area contributed by atoms with E-state index in [1.165, 1.54) is 0 Å². The molecule has 6 nitrogen and oxygen atoms in total. The van der Waals surface area contributed by atoms with Crippen LogP contribution in [0.15, 0.2) is 30.7 Å². The standard InChI is InChI=1S/C21H22F3N5O/c1-13-8-15(10-26-17(13)4-6-21(22,23)24)11-29-12-16-18(28-29)5-7-25-20(16)27-19(30)9-14-2-3-14/h5,7-8,10,12,14H,2-4,6,9,11H2,1H3,(H,25,27,30). The number of aryl methyl sites for hydroxylation is 2. The van der Waals surface area contributed by atoms with Gasteiger partial charge >= 0.3 is 6.18 Å². The lowest BCUT2D eigenvalue weighted by molar-refractivity contribution is -0.134. The van der Waals surface area contributed by atoms with Crippen molar-refractivity contribution in [2.45, 2.75) is 51.7 Å². The maximum Gasteiger partial charge on any atom is 0.389 e. The molecule has 3 heterocycles. The van der Waals surface area contributed by atoms with E-state index in [0.717, 1.165) is 29.4 Å². The number of pyridine rings is 2. The lowest BCUT2D eigenvalue weighted by Gasteiger charge is -2.09. The van der Waals surface area contributed by atoms with E-state index in [1.807, 2.05) is 12.3 Å². The molecular weight excluding hydrogens is 395 g/mol. The summed E-state index contributed by atoms with van der Waals surface area (Å²) in [5.74, 6) is 0.933. The Labute approximate surface area is 171 Å². The molecule has 3 aromatic heterocycles. The zero-order valence-corrected chi connectivity index (χ0v) is 16.5. The molecule has 1 aliphatic rings. The smallest absolute Gasteiger partial charge is 0.310 e. The van der Waals surface area contributed by atoms with Gasteiger partial charge in [0, 0.05) is 37.1 Å². The fourth-order valence-electron chi connectivity index (χ4n) is 3.40. The Bertz CT molecular complexity index is 1070. The summed E-state index contributed by atoms with van der Waals surface area (Å²) in [4.78, 5) is 20.6. The molecule has 158 valence electrons. The van der Waals surface area contributed by atoms with Crippen LogP contribution in [0.2, 0.25) is 0 Å². The molecule has 1 amide bonds. The first kappa shape index (κ1) is 20.3. The maximum atomic E-state index is 12.4. The average molecular weight is 417 g/mol. The predicted molar refractivity (Wildman–Crippen MR) is 106 cm³/mol. The highest BCUT2D eigenvalue weighted by molar-refractivity contribution is 5.99. The summed E-state index contributed by atoms with van der Waals surface area (Å²) in [7, 11) is 0. The molecule has 0 spiro atoms. The summed E-state index contributed by atoms with van der Waals surface area (Å²) in [5, 5.41) is 8.13. The van der Waals surface area contributed by atoms with Crippen LogP contribution in [0.4, 0.5) is 19.0 Å². The summed E-state index contributed by atoms with van der Waals surface area (Å²) in [5.41, 5.74) is 2.72. The van der Waals surface area contributed by atoms with Crippen molar-refractivity contribution in [3.05, 3.63) is 47.5 Å². The van der Waals surface area contributed by atoms with E-state index in [9.17, 15) is 18.0 Å². The Balaban J connectivity index is 1.48. The molecule has 0 aliphatic heterocycles. The van der Waals surface area contributed by atoms with Crippen molar-refractivity contribution in [1.82, 2.24) is 19.7 Å². The van der Waals surface area contributed by atoms with Crippen LogP contribution in [0.25, 0.3) is 10.9 Å². The van der Waals surface area contributed by atoms with Gasteiger partial charge in [0.1, 0.15) is 5.82 Å². The van der Waals surface area contributed by atoms with Gasteiger partial charge in [0.15, 0.2) is 0 Å². The van der Waals surface area contributed by atoms with Crippen molar-refractivity contribution >= 4 is 22.6 Å². The number of fused-ring (bicyclic) bond motifs is 1. The number of halogens is 3. The number of nitrogens with one attached hydrogen (secondary N) is 1. The third-order valence-corrected chi connectivity index (χ3v) is 5.14. The van der Waals surface area contributed by atoms with E-state index in [4.69, 9.17) is 0 Å². The number of anilines is 1. The zero-order valence-electron chi connectivity index (χ0n) is 16.5. The van der Waals surface area contributed by atoms with E-state index in [-0.39, 0.29) is 12.3 Å². The zero-order chi connectivity index (χ0) is 21.3. The van der Waals surface area contributed by atoms with Crippen molar-refractivity contribution < 1.29 is 18.0 Å². The third-order valence-electron chi connectivity index (χ3n) is 5.14. The molecule has 1 saturated carbocycles. The second kappa shape index (κ2) is 8.04. The SMILES string of the molecule is Cc1cc(Cn2cc3c(NC(=O)CC4CC4)nccc3n2)cnc1CCC(F)(F)F. The normalized spacial score (nSPS) is 14.3. The molecular formula is C21H22F3N5O. The van der Waals surface area contributed by atoms with Crippen LogP contribution in [-0.2, 0) is 17.8 Å². The van der Waals surface area contributed by atoms with E-state index >= 15 is 0 Å². The van der Waals surface area contributed by atoms with Crippen molar-refractivity contribution in [1.29, 1.82) is 0 Å². The number of aromatic nitrogens is 4. The van der Waals surface area contributed by atoms with Crippen LogP contribution in [-0.4, -0.2) is 31.8 Å². The van der Waals surface area contributed by atoms with Gasteiger partial charge in [-0.3, -0.25) is 14.5 Å². The van der Waals surface area contributed by atoms with E-state index < -0.39 is 12.6 Å². The highest BCUT2D eigenvalue weighted by Crippen LogP contribution is 2.32. The molecule has 0 aromatic carbocycles. The molecule has 3 aromatic rings. The number of amides is 1. The first-order valence-electron chi connectivity index (χ1n) is 9.90. The van der Waals surface area contributed by atoms with Crippen LogP contribution >= 0.6 is 0 Å². The molecule has 0 radical (unpaired) electrons. The van der Waals surface area contributed by atoms with Gasteiger partial charge in [-0.25, -0.2) is 4.98 Å². The van der Waals surface area contributed by atoms with Gasteiger partial charge in [-0.15, -0.1) is 0 Å². The first-order chi connectivity index (χ1) is 14.3. The minimum atomic E-state index is -4.19. The van der Waals surface area contributed by atoms with Crippen LogP contribution in [0, 0.1) is 12.8 Å². The van der Waals surface area contributed by atoms with Crippen LogP contribution in [0.5, 0.6) is 0 Å². The first-order valence-corrected chi connectivity index (χ1v) is 9.90. The molecule has 4 rings (SSSR count). The second-order valence-corrected chi connectivity index (χ2v) is 7.84. The number of alkyl halides is 3. The van der Waals surface area contributed by atoms with Gasteiger partial charge in [-0.2, -0.15) is 18.3 Å². The van der Waals surface area contributed by atoms with Gasteiger partial charge < -0.3 is 5.32 Å². The lowest BCUT2D eigenvalue weighted by atomic mass is 10.1. The van der Waals surface area contributed by atoms with Crippen molar-refractivity contribution in [2.24, 2.45) is 5.92 Å². The fraction of sp³-hybridized carbons (Fsp3) is 0.429. The molecule has 1 N–H and O–H groups in total. The number of carbonyl (C=O) groups excluding carboxylic acids is 1. The highest BCUT2D eigenvalue weighted by Gasteiger charge is 2.27. The van der Waals surface area contributed by atoms with E-state index in [1.54, 1.807) is 30.1 Å². The Morgan fingerprint density at radius 2 is 2.10 bits per heavy atom.